The van der Waals surface area contributed by atoms with Gasteiger partial charge in [-0.3, -0.25) is 4.90 Å². The van der Waals surface area contributed by atoms with Gasteiger partial charge in [-0.2, -0.15) is 0 Å². The number of ether oxygens (including phenoxy) is 1. The molecular weight excluding hydrogens is 322 g/mol. The maximum Gasteiger partial charge on any atom is 0.133 e. The lowest BCUT2D eigenvalue weighted by molar-refractivity contribution is 0.273. The normalized spacial score (nSPS) is 10.9. The minimum absolute atomic E-state index is 0.880. The molecule has 1 heterocycles. The van der Waals surface area contributed by atoms with Crippen molar-refractivity contribution in [2.75, 3.05) is 13.7 Å². The maximum atomic E-state index is 5.26. The molecule has 0 saturated carbocycles. The molecule has 2 nitrogen and oxygen atoms in total. The van der Waals surface area contributed by atoms with Gasteiger partial charge in [0.05, 0.1) is 11.6 Å². The second-order valence-electron chi connectivity index (χ2n) is 4.35. The fraction of sp³-hybridized carbons (Fsp3) is 0.333. The Balaban J connectivity index is 2.03. The summed E-state index contributed by atoms with van der Waals surface area (Å²) in [5, 5.41) is 2.13. The first-order chi connectivity index (χ1) is 9.22. The van der Waals surface area contributed by atoms with Gasteiger partial charge in [0.2, 0.25) is 0 Å². The third-order valence-electron chi connectivity index (χ3n) is 3.03. The van der Waals surface area contributed by atoms with E-state index in [4.69, 9.17) is 4.74 Å². The molecule has 1 aromatic carbocycles. The van der Waals surface area contributed by atoms with Crippen molar-refractivity contribution in [3.05, 3.63) is 50.6 Å². The molecular formula is C15H18BrNOS. The SMILES string of the molecule is CCN(Cc1ccc(OC)c(Br)c1)Cc1cccs1. The van der Waals surface area contributed by atoms with E-state index in [-0.39, 0.29) is 0 Å². The summed E-state index contributed by atoms with van der Waals surface area (Å²) in [6.45, 7) is 5.21. The van der Waals surface area contributed by atoms with Crippen LogP contribution in [0.1, 0.15) is 17.4 Å². The van der Waals surface area contributed by atoms with E-state index >= 15 is 0 Å². The molecule has 0 saturated heterocycles. The first kappa shape index (κ1) is 14.6. The monoisotopic (exact) mass is 339 g/mol. The number of nitrogens with zero attached hydrogens (tertiary/aromatic N) is 1. The van der Waals surface area contributed by atoms with Crippen LogP contribution in [0, 0.1) is 0 Å². The molecule has 0 bridgehead atoms. The Morgan fingerprint density at radius 2 is 2.11 bits per heavy atom. The van der Waals surface area contributed by atoms with Crippen molar-refractivity contribution in [2.24, 2.45) is 0 Å². The quantitative estimate of drug-likeness (QED) is 0.765. The molecule has 2 aromatic rings. The lowest BCUT2D eigenvalue weighted by Crippen LogP contribution is -2.21. The van der Waals surface area contributed by atoms with Crippen LogP contribution in [0.4, 0.5) is 0 Å². The highest BCUT2D eigenvalue weighted by molar-refractivity contribution is 9.10. The highest BCUT2D eigenvalue weighted by Crippen LogP contribution is 2.26. The average molecular weight is 340 g/mol. The molecule has 0 fully saturated rings. The van der Waals surface area contributed by atoms with Gasteiger partial charge in [0, 0.05) is 18.0 Å². The van der Waals surface area contributed by atoms with Gasteiger partial charge in [0.15, 0.2) is 0 Å². The molecule has 1 aromatic heterocycles. The van der Waals surface area contributed by atoms with Gasteiger partial charge >= 0.3 is 0 Å². The zero-order valence-corrected chi connectivity index (χ0v) is 13.6. The number of thiophene rings is 1. The van der Waals surface area contributed by atoms with E-state index in [0.29, 0.717) is 0 Å². The lowest BCUT2D eigenvalue weighted by Gasteiger charge is -2.20. The molecule has 0 aliphatic heterocycles. The fourth-order valence-corrected chi connectivity index (χ4v) is 3.30. The van der Waals surface area contributed by atoms with Crippen LogP contribution >= 0.6 is 27.3 Å². The van der Waals surface area contributed by atoms with E-state index in [0.717, 1.165) is 29.9 Å². The summed E-state index contributed by atoms with van der Waals surface area (Å²) in [4.78, 5) is 3.84. The van der Waals surface area contributed by atoms with Crippen LogP contribution in [0.5, 0.6) is 5.75 Å². The first-order valence-corrected chi connectivity index (χ1v) is 7.97. The Hall–Kier alpha value is -0.840. The number of benzene rings is 1. The summed E-state index contributed by atoms with van der Waals surface area (Å²) in [5.41, 5.74) is 1.30. The molecule has 19 heavy (non-hydrogen) atoms. The van der Waals surface area contributed by atoms with Crippen molar-refractivity contribution in [2.45, 2.75) is 20.0 Å². The molecule has 0 N–H and O–H groups in total. The maximum absolute atomic E-state index is 5.26. The molecule has 102 valence electrons. The minimum atomic E-state index is 0.880. The van der Waals surface area contributed by atoms with Crippen molar-refractivity contribution in [3.63, 3.8) is 0 Å². The average Bonchev–Trinajstić information content (AvgIpc) is 2.91. The van der Waals surface area contributed by atoms with E-state index in [1.165, 1.54) is 10.4 Å². The van der Waals surface area contributed by atoms with Crippen molar-refractivity contribution >= 4 is 27.3 Å². The fourth-order valence-electron chi connectivity index (χ4n) is 1.97. The van der Waals surface area contributed by atoms with E-state index < -0.39 is 0 Å². The molecule has 0 spiro atoms. The number of rotatable bonds is 6. The summed E-state index contributed by atoms with van der Waals surface area (Å²) in [6, 6.07) is 10.6. The van der Waals surface area contributed by atoms with Crippen molar-refractivity contribution in [3.8, 4) is 5.75 Å². The summed E-state index contributed by atoms with van der Waals surface area (Å²) in [6.07, 6.45) is 0. The summed E-state index contributed by atoms with van der Waals surface area (Å²) < 4.78 is 6.27. The van der Waals surface area contributed by atoms with Crippen molar-refractivity contribution < 1.29 is 4.74 Å². The van der Waals surface area contributed by atoms with Gasteiger partial charge in [-0.1, -0.05) is 19.1 Å². The molecule has 0 amide bonds. The Morgan fingerprint density at radius 1 is 1.26 bits per heavy atom. The predicted octanol–water partition coefficient (Wildman–Crippen LogP) is 4.54. The van der Waals surface area contributed by atoms with Gasteiger partial charge in [-0.15, -0.1) is 11.3 Å². The smallest absolute Gasteiger partial charge is 0.133 e. The van der Waals surface area contributed by atoms with Crippen LogP contribution in [0.2, 0.25) is 0 Å². The number of hydrogen-bond donors (Lipinski definition) is 0. The largest absolute Gasteiger partial charge is 0.496 e. The van der Waals surface area contributed by atoms with Crippen LogP contribution < -0.4 is 4.74 Å². The summed E-state index contributed by atoms with van der Waals surface area (Å²) >= 11 is 5.35. The minimum Gasteiger partial charge on any atom is -0.496 e. The van der Waals surface area contributed by atoms with Gasteiger partial charge in [-0.05, 0) is 51.6 Å². The molecule has 4 heteroatoms. The van der Waals surface area contributed by atoms with Crippen LogP contribution in [0.25, 0.3) is 0 Å². The van der Waals surface area contributed by atoms with Gasteiger partial charge < -0.3 is 4.74 Å². The van der Waals surface area contributed by atoms with Gasteiger partial charge in [0.25, 0.3) is 0 Å². The summed E-state index contributed by atoms with van der Waals surface area (Å²) in [7, 11) is 1.69. The highest BCUT2D eigenvalue weighted by atomic mass is 79.9. The van der Waals surface area contributed by atoms with Crippen molar-refractivity contribution in [1.29, 1.82) is 0 Å². The number of methoxy groups -OCH3 is 1. The second-order valence-corrected chi connectivity index (χ2v) is 6.24. The molecule has 2 rings (SSSR count). The van der Waals surface area contributed by atoms with E-state index in [1.807, 2.05) is 17.4 Å². The molecule has 0 aliphatic rings. The van der Waals surface area contributed by atoms with E-state index in [2.05, 4.69) is 57.4 Å². The molecule has 0 aliphatic carbocycles. The van der Waals surface area contributed by atoms with Crippen LogP contribution in [-0.4, -0.2) is 18.6 Å². The zero-order chi connectivity index (χ0) is 13.7. The van der Waals surface area contributed by atoms with Crippen LogP contribution in [-0.2, 0) is 13.1 Å². The zero-order valence-electron chi connectivity index (χ0n) is 11.2. The molecule has 0 atom stereocenters. The molecule has 0 unspecified atom stereocenters. The highest BCUT2D eigenvalue weighted by Gasteiger charge is 2.07. The Labute approximate surface area is 127 Å². The predicted molar refractivity (Wildman–Crippen MR) is 84.8 cm³/mol. The Morgan fingerprint density at radius 3 is 2.68 bits per heavy atom. The number of halogens is 1. The van der Waals surface area contributed by atoms with Crippen LogP contribution in [0.3, 0.4) is 0 Å². The second kappa shape index (κ2) is 7.08. The lowest BCUT2D eigenvalue weighted by atomic mass is 10.2. The van der Waals surface area contributed by atoms with Gasteiger partial charge in [0.1, 0.15) is 5.75 Å². The van der Waals surface area contributed by atoms with E-state index in [9.17, 15) is 0 Å². The first-order valence-electron chi connectivity index (χ1n) is 6.30. The van der Waals surface area contributed by atoms with Crippen LogP contribution in [0.15, 0.2) is 40.2 Å². The van der Waals surface area contributed by atoms with Gasteiger partial charge in [-0.25, -0.2) is 0 Å². The third kappa shape index (κ3) is 4.06. The topological polar surface area (TPSA) is 12.5 Å². The Kier molecular flexibility index (Phi) is 5.43. The standard InChI is InChI=1S/C15H18BrNOS/c1-3-17(11-13-5-4-8-19-13)10-12-6-7-15(18-2)14(16)9-12/h4-9H,3,10-11H2,1-2H3. The summed E-state index contributed by atoms with van der Waals surface area (Å²) in [5.74, 6) is 0.880. The van der Waals surface area contributed by atoms with E-state index in [1.54, 1.807) is 7.11 Å². The van der Waals surface area contributed by atoms with Crippen molar-refractivity contribution in [1.82, 2.24) is 4.90 Å². The number of hydrogen-bond acceptors (Lipinski definition) is 3. The Bertz CT molecular complexity index is 513. The third-order valence-corrected chi connectivity index (χ3v) is 4.51. The molecule has 0 radical (unpaired) electrons.